The number of hydrogen-bond acceptors (Lipinski definition) is 4. The molecule has 1 aromatic carbocycles. The number of aliphatic hydroxyl groups is 1. The van der Waals surface area contributed by atoms with Crippen molar-refractivity contribution in [3.05, 3.63) is 52.9 Å². The van der Waals surface area contributed by atoms with Crippen molar-refractivity contribution < 1.29 is 9.84 Å². The first-order valence-electron chi connectivity index (χ1n) is 5.64. The number of benzene rings is 1. The summed E-state index contributed by atoms with van der Waals surface area (Å²) in [5.74, 6) is 1.26. The lowest BCUT2D eigenvalue weighted by atomic mass is 10.1. The molecule has 92 valence electrons. The lowest BCUT2D eigenvalue weighted by molar-refractivity contribution is 0.207. The number of nitriles is 1. The number of nitrogens with zero attached hydrogens (tertiary/aromatic N) is 1. The second-order valence-corrected chi connectivity index (χ2v) is 4.19. The highest BCUT2D eigenvalue weighted by molar-refractivity contribution is 5.43. The fourth-order valence-electron chi connectivity index (χ4n) is 1.72. The number of ether oxygens (including phenoxy) is 1. The summed E-state index contributed by atoms with van der Waals surface area (Å²) >= 11 is 0. The standard InChI is InChI=1S/C14H14N2O2/c1-9-6-11(3-2-10(9)8-15)18-12-4-5-14(17)13(16)7-12/h2-4,6-7,14,17H,5,16H2,1H3. The fraction of sp³-hybridized carbons (Fsp3) is 0.214. The van der Waals surface area contributed by atoms with Crippen LogP contribution < -0.4 is 10.5 Å². The van der Waals surface area contributed by atoms with Crippen LogP contribution in [0.25, 0.3) is 0 Å². The predicted molar refractivity (Wildman–Crippen MR) is 67.5 cm³/mol. The van der Waals surface area contributed by atoms with Crippen LogP contribution in [0.5, 0.6) is 5.75 Å². The van der Waals surface area contributed by atoms with E-state index in [1.54, 1.807) is 30.4 Å². The number of aliphatic hydroxyl groups excluding tert-OH is 1. The Hall–Kier alpha value is -2.25. The molecule has 1 aromatic rings. The summed E-state index contributed by atoms with van der Waals surface area (Å²) < 4.78 is 5.64. The summed E-state index contributed by atoms with van der Waals surface area (Å²) in [7, 11) is 0. The minimum absolute atomic E-state index is 0.401. The molecule has 0 amide bonds. The Morgan fingerprint density at radius 2 is 2.28 bits per heavy atom. The van der Waals surface area contributed by atoms with Crippen LogP contribution in [-0.2, 0) is 0 Å². The molecule has 0 bridgehead atoms. The number of rotatable bonds is 2. The van der Waals surface area contributed by atoms with Crippen molar-refractivity contribution >= 4 is 0 Å². The van der Waals surface area contributed by atoms with E-state index >= 15 is 0 Å². The average molecular weight is 242 g/mol. The Labute approximate surface area is 106 Å². The van der Waals surface area contributed by atoms with Crippen LogP contribution in [0, 0.1) is 18.3 Å². The Bertz CT molecular complexity index is 568. The molecule has 0 aliphatic heterocycles. The maximum absolute atomic E-state index is 9.44. The summed E-state index contributed by atoms with van der Waals surface area (Å²) in [5.41, 5.74) is 7.54. The monoisotopic (exact) mass is 242 g/mol. The predicted octanol–water partition coefficient (Wildman–Crippen LogP) is 1.74. The van der Waals surface area contributed by atoms with Crippen molar-refractivity contribution in [2.45, 2.75) is 19.4 Å². The van der Waals surface area contributed by atoms with E-state index in [-0.39, 0.29) is 0 Å². The molecule has 1 atom stereocenters. The molecule has 4 nitrogen and oxygen atoms in total. The zero-order valence-electron chi connectivity index (χ0n) is 10.1. The van der Waals surface area contributed by atoms with Crippen molar-refractivity contribution in [2.75, 3.05) is 0 Å². The molecule has 1 unspecified atom stereocenters. The van der Waals surface area contributed by atoms with Crippen molar-refractivity contribution in [3.8, 4) is 11.8 Å². The van der Waals surface area contributed by atoms with Crippen molar-refractivity contribution in [3.63, 3.8) is 0 Å². The van der Waals surface area contributed by atoms with Gasteiger partial charge in [0.05, 0.1) is 17.7 Å². The van der Waals surface area contributed by atoms with Gasteiger partial charge in [-0.25, -0.2) is 0 Å². The third-order valence-corrected chi connectivity index (χ3v) is 2.79. The third-order valence-electron chi connectivity index (χ3n) is 2.79. The normalized spacial score (nSPS) is 18.6. The molecule has 18 heavy (non-hydrogen) atoms. The molecule has 0 radical (unpaired) electrons. The molecule has 0 spiro atoms. The summed E-state index contributed by atoms with van der Waals surface area (Å²) in [6.45, 7) is 1.86. The molecule has 0 fully saturated rings. The van der Waals surface area contributed by atoms with Gasteiger partial charge in [-0.15, -0.1) is 0 Å². The van der Waals surface area contributed by atoms with Crippen LogP contribution >= 0.6 is 0 Å². The zero-order chi connectivity index (χ0) is 13.1. The minimum atomic E-state index is -0.625. The summed E-state index contributed by atoms with van der Waals surface area (Å²) in [6, 6.07) is 7.36. The highest BCUT2D eigenvalue weighted by atomic mass is 16.5. The second kappa shape index (κ2) is 4.94. The van der Waals surface area contributed by atoms with E-state index in [2.05, 4.69) is 6.07 Å². The van der Waals surface area contributed by atoms with Gasteiger partial charge >= 0.3 is 0 Å². The molecular weight excluding hydrogens is 228 g/mol. The van der Waals surface area contributed by atoms with Gasteiger partial charge in [0.2, 0.25) is 0 Å². The Balaban J connectivity index is 2.17. The lowest BCUT2D eigenvalue weighted by Gasteiger charge is -2.16. The molecule has 3 N–H and O–H groups in total. The molecule has 0 saturated heterocycles. The molecule has 0 aromatic heterocycles. The number of hydrogen-bond donors (Lipinski definition) is 2. The first kappa shape index (κ1) is 12.2. The van der Waals surface area contributed by atoms with Gasteiger partial charge in [0, 0.05) is 18.2 Å². The Morgan fingerprint density at radius 3 is 2.89 bits per heavy atom. The maximum atomic E-state index is 9.44. The van der Waals surface area contributed by atoms with Crippen LogP contribution in [0.15, 0.2) is 41.8 Å². The Kier molecular flexibility index (Phi) is 3.35. The van der Waals surface area contributed by atoms with Crippen LogP contribution in [0.2, 0.25) is 0 Å². The zero-order valence-corrected chi connectivity index (χ0v) is 10.1. The average Bonchev–Trinajstić information content (AvgIpc) is 2.34. The second-order valence-electron chi connectivity index (χ2n) is 4.19. The molecular formula is C14H14N2O2. The number of allylic oxidation sites excluding steroid dienone is 1. The molecule has 0 saturated carbocycles. The van der Waals surface area contributed by atoms with Crippen LogP contribution in [0.3, 0.4) is 0 Å². The van der Waals surface area contributed by atoms with E-state index in [0.717, 1.165) is 5.56 Å². The maximum Gasteiger partial charge on any atom is 0.127 e. The summed E-state index contributed by atoms with van der Waals surface area (Å²) in [4.78, 5) is 0. The van der Waals surface area contributed by atoms with Crippen LogP contribution in [0.1, 0.15) is 17.5 Å². The first-order valence-corrected chi connectivity index (χ1v) is 5.64. The smallest absolute Gasteiger partial charge is 0.127 e. The van der Waals surface area contributed by atoms with E-state index in [1.165, 1.54) is 0 Å². The SMILES string of the molecule is Cc1cc(OC2=CCC(O)C(N)=C2)ccc1C#N. The van der Waals surface area contributed by atoms with Gasteiger partial charge < -0.3 is 15.6 Å². The fourth-order valence-corrected chi connectivity index (χ4v) is 1.72. The van der Waals surface area contributed by atoms with E-state index in [1.807, 2.05) is 6.92 Å². The minimum Gasteiger partial charge on any atom is -0.458 e. The molecule has 0 heterocycles. The van der Waals surface area contributed by atoms with E-state index < -0.39 is 6.10 Å². The summed E-state index contributed by atoms with van der Waals surface area (Å²) in [5, 5.41) is 18.3. The molecule has 1 aliphatic rings. The van der Waals surface area contributed by atoms with Gasteiger partial charge in [-0.3, -0.25) is 0 Å². The van der Waals surface area contributed by atoms with Crippen molar-refractivity contribution in [1.82, 2.24) is 0 Å². The van der Waals surface area contributed by atoms with Crippen LogP contribution in [0.4, 0.5) is 0 Å². The molecule has 1 aliphatic carbocycles. The highest BCUT2D eigenvalue weighted by Gasteiger charge is 2.13. The van der Waals surface area contributed by atoms with Gasteiger partial charge in [0.25, 0.3) is 0 Å². The van der Waals surface area contributed by atoms with Crippen LogP contribution in [-0.4, -0.2) is 11.2 Å². The largest absolute Gasteiger partial charge is 0.458 e. The van der Waals surface area contributed by atoms with E-state index in [4.69, 9.17) is 15.7 Å². The molecule has 4 heteroatoms. The van der Waals surface area contributed by atoms with Gasteiger partial charge in [0.15, 0.2) is 0 Å². The van der Waals surface area contributed by atoms with Gasteiger partial charge in [-0.1, -0.05) is 0 Å². The topological polar surface area (TPSA) is 79.3 Å². The lowest BCUT2D eigenvalue weighted by Crippen LogP contribution is -2.20. The van der Waals surface area contributed by atoms with Gasteiger partial charge in [-0.05, 0) is 36.8 Å². The summed E-state index contributed by atoms with van der Waals surface area (Å²) in [6.07, 6.45) is 3.23. The number of nitrogens with two attached hydrogens (primary N) is 1. The van der Waals surface area contributed by atoms with Crippen molar-refractivity contribution in [1.29, 1.82) is 5.26 Å². The van der Waals surface area contributed by atoms with Crippen molar-refractivity contribution in [2.24, 2.45) is 5.73 Å². The first-order chi connectivity index (χ1) is 8.60. The highest BCUT2D eigenvalue weighted by Crippen LogP contribution is 2.22. The van der Waals surface area contributed by atoms with Gasteiger partial charge in [0.1, 0.15) is 11.5 Å². The third kappa shape index (κ3) is 2.53. The van der Waals surface area contributed by atoms with E-state index in [9.17, 15) is 5.11 Å². The quantitative estimate of drug-likeness (QED) is 0.827. The van der Waals surface area contributed by atoms with Gasteiger partial charge in [-0.2, -0.15) is 5.26 Å². The Morgan fingerprint density at radius 1 is 1.50 bits per heavy atom. The van der Waals surface area contributed by atoms with E-state index in [0.29, 0.717) is 29.2 Å². The molecule has 2 rings (SSSR count). The number of aryl methyl sites for hydroxylation is 1.